The number of methoxy groups -OCH3 is 1. The molecule has 0 bridgehead atoms. The van der Waals surface area contributed by atoms with E-state index in [1.165, 1.54) is 0 Å². The van der Waals surface area contributed by atoms with Crippen LogP contribution in [0, 0.1) is 5.92 Å². The molecule has 1 atom stereocenters. The second-order valence-corrected chi connectivity index (χ2v) is 9.06. The van der Waals surface area contributed by atoms with Gasteiger partial charge >= 0.3 is 0 Å². The van der Waals surface area contributed by atoms with Crippen molar-refractivity contribution >= 4 is 17.7 Å². The van der Waals surface area contributed by atoms with Crippen molar-refractivity contribution in [2.24, 2.45) is 5.92 Å². The maximum atomic E-state index is 13.5. The van der Waals surface area contributed by atoms with Gasteiger partial charge in [0.05, 0.1) is 7.11 Å². The molecule has 0 unspecified atom stereocenters. The Morgan fingerprint density at radius 3 is 2.09 bits per heavy atom. The zero-order valence-electron chi connectivity index (χ0n) is 19.7. The molecule has 0 radical (unpaired) electrons. The van der Waals surface area contributed by atoms with Gasteiger partial charge in [-0.15, -0.1) is 0 Å². The lowest BCUT2D eigenvalue weighted by Gasteiger charge is -2.38. The van der Waals surface area contributed by atoms with Crippen LogP contribution in [0.25, 0.3) is 0 Å². The van der Waals surface area contributed by atoms with E-state index < -0.39 is 6.04 Å². The highest BCUT2D eigenvalue weighted by Crippen LogP contribution is 2.25. The number of hydrogen-bond acceptors (Lipinski definition) is 4. The number of carbonyl (C=O) groups excluding carboxylic acids is 3. The van der Waals surface area contributed by atoms with Gasteiger partial charge in [-0.05, 0) is 74.4 Å². The summed E-state index contributed by atoms with van der Waals surface area (Å²) in [5.41, 5.74) is 1.17. The zero-order valence-corrected chi connectivity index (χ0v) is 19.7. The number of nitrogens with zero attached hydrogens (tertiary/aromatic N) is 2. The van der Waals surface area contributed by atoms with Crippen molar-refractivity contribution in [2.45, 2.75) is 38.1 Å². The average Bonchev–Trinajstić information content (AvgIpc) is 2.92. The lowest BCUT2D eigenvalue weighted by Crippen LogP contribution is -2.55. The highest BCUT2D eigenvalue weighted by molar-refractivity contribution is 5.97. The van der Waals surface area contributed by atoms with Gasteiger partial charge < -0.3 is 19.9 Å². The quantitative estimate of drug-likeness (QED) is 0.713. The maximum Gasteiger partial charge on any atom is 0.253 e. The monoisotopic (exact) mass is 463 g/mol. The van der Waals surface area contributed by atoms with Gasteiger partial charge in [-0.1, -0.05) is 18.2 Å². The number of ether oxygens (including phenoxy) is 1. The van der Waals surface area contributed by atoms with Crippen molar-refractivity contribution in [3.8, 4) is 5.75 Å². The second kappa shape index (κ2) is 11.2. The van der Waals surface area contributed by atoms with Crippen LogP contribution in [-0.4, -0.2) is 66.9 Å². The van der Waals surface area contributed by atoms with E-state index in [1.807, 2.05) is 28.0 Å². The van der Waals surface area contributed by atoms with Gasteiger partial charge in [0, 0.05) is 37.3 Å². The summed E-state index contributed by atoms with van der Waals surface area (Å²) >= 11 is 0. The summed E-state index contributed by atoms with van der Waals surface area (Å²) in [6.45, 7) is 2.59. The Hall–Kier alpha value is -3.35. The molecule has 2 aliphatic heterocycles. The molecular formula is C27H33N3O4. The molecule has 4 rings (SSSR count). The summed E-state index contributed by atoms with van der Waals surface area (Å²) in [6.07, 6.45) is 4.47. The van der Waals surface area contributed by atoms with E-state index in [0.717, 1.165) is 32.4 Å². The van der Waals surface area contributed by atoms with Gasteiger partial charge in [0.25, 0.3) is 11.8 Å². The fourth-order valence-electron chi connectivity index (χ4n) is 4.86. The molecule has 2 heterocycles. The van der Waals surface area contributed by atoms with Crippen LogP contribution in [0.15, 0.2) is 54.6 Å². The fourth-order valence-corrected chi connectivity index (χ4v) is 4.86. The van der Waals surface area contributed by atoms with Crippen LogP contribution in [0.2, 0.25) is 0 Å². The van der Waals surface area contributed by atoms with Crippen molar-refractivity contribution in [3.05, 3.63) is 65.7 Å². The molecular weight excluding hydrogens is 430 g/mol. The Labute approximate surface area is 201 Å². The molecule has 34 heavy (non-hydrogen) atoms. The first kappa shape index (κ1) is 23.8. The number of piperidine rings is 2. The summed E-state index contributed by atoms with van der Waals surface area (Å²) in [4.78, 5) is 43.1. The predicted octanol–water partition coefficient (Wildman–Crippen LogP) is 3.36. The van der Waals surface area contributed by atoms with E-state index in [-0.39, 0.29) is 23.6 Å². The fraction of sp³-hybridized carbons (Fsp3) is 0.444. The Balaban J connectivity index is 1.44. The first-order chi connectivity index (χ1) is 16.6. The maximum absolute atomic E-state index is 13.5. The molecule has 7 nitrogen and oxygen atoms in total. The Bertz CT molecular complexity index is 979. The zero-order chi connectivity index (χ0) is 23.9. The Morgan fingerprint density at radius 1 is 0.824 bits per heavy atom. The number of carbonyl (C=O) groups is 3. The number of hydrogen-bond donors (Lipinski definition) is 1. The van der Waals surface area contributed by atoms with Crippen LogP contribution in [0.5, 0.6) is 5.75 Å². The minimum Gasteiger partial charge on any atom is -0.497 e. The molecule has 2 aromatic carbocycles. The summed E-state index contributed by atoms with van der Waals surface area (Å²) in [5, 5.41) is 3.04. The van der Waals surface area contributed by atoms with Crippen LogP contribution in [0.4, 0.5) is 0 Å². The smallest absolute Gasteiger partial charge is 0.253 e. The lowest BCUT2D eigenvalue weighted by molar-refractivity contribution is -0.136. The van der Waals surface area contributed by atoms with Gasteiger partial charge in [0.1, 0.15) is 11.8 Å². The minimum absolute atomic E-state index is 0.00362. The van der Waals surface area contributed by atoms with Gasteiger partial charge in [-0.2, -0.15) is 0 Å². The third-order valence-corrected chi connectivity index (χ3v) is 6.89. The molecule has 2 aliphatic rings. The minimum atomic E-state index is -0.580. The van der Waals surface area contributed by atoms with Crippen molar-refractivity contribution in [1.29, 1.82) is 0 Å². The summed E-state index contributed by atoms with van der Waals surface area (Å²) in [6, 6.07) is 15.6. The average molecular weight is 464 g/mol. The van der Waals surface area contributed by atoms with Gasteiger partial charge in [0.15, 0.2) is 0 Å². The standard InChI is InChI=1S/C27H33N3O4/c1-34-23-12-10-22(11-13-23)26(32)30-18-14-20(15-19-30)24(27(33)29-16-6-3-7-17-29)28-25(31)21-8-4-2-5-9-21/h2,4-5,8-13,20,24H,3,6-7,14-19H2,1H3,(H,28,31)/t24-/m0/s1. The van der Waals surface area contributed by atoms with Crippen LogP contribution in [-0.2, 0) is 4.79 Å². The lowest BCUT2D eigenvalue weighted by atomic mass is 9.87. The predicted molar refractivity (Wildman–Crippen MR) is 130 cm³/mol. The number of nitrogens with one attached hydrogen (secondary N) is 1. The summed E-state index contributed by atoms with van der Waals surface area (Å²) < 4.78 is 5.18. The first-order valence-corrected chi connectivity index (χ1v) is 12.1. The highest BCUT2D eigenvalue weighted by Gasteiger charge is 2.36. The molecule has 2 aromatic rings. The third kappa shape index (κ3) is 5.58. The van der Waals surface area contributed by atoms with E-state index in [4.69, 9.17) is 4.74 Å². The summed E-state index contributed by atoms with van der Waals surface area (Å²) in [7, 11) is 1.60. The van der Waals surface area contributed by atoms with Crippen LogP contribution in [0.3, 0.4) is 0 Å². The number of rotatable bonds is 6. The molecule has 0 saturated carbocycles. The van der Waals surface area contributed by atoms with Crippen molar-refractivity contribution in [2.75, 3.05) is 33.3 Å². The normalized spacial score (nSPS) is 17.7. The Kier molecular flexibility index (Phi) is 7.83. The van der Waals surface area contributed by atoms with E-state index in [0.29, 0.717) is 42.8 Å². The molecule has 2 saturated heterocycles. The van der Waals surface area contributed by atoms with Crippen LogP contribution < -0.4 is 10.1 Å². The molecule has 7 heteroatoms. The number of amides is 3. The molecule has 1 N–H and O–H groups in total. The highest BCUT2D eigenvalue weighted by atomic mass is 16.5. The summed E-state index contributed by atoms with van der Waals surface area (Å²) in [5.74, 6) is 0.454. The molecule has 180 valence electrons. The molecule has 0 aromatic heterocycles. The van der Waals surface area contributed by atoms with Gasteiger partial charge in [-0.3, -0.25) is 14.4 Å². The van der Waals surface area contributed by atoms with E-state index in [1.54, 1.807) is 43.5 Å². The molecule has 2 fully saturated rings. The van der Waals surface area contributed by atoms with Gasteiger partial charge in [-0.25, -0.2) is 0 Å². The van der Waals surface area contributed by atoms with Crippen LogP contribution in [0.1, 0.15) is 52.8 Å². The van der Waals surface area contributed by atoms with Crippen LogP contribution >= 0.6 is 0 Å². The van der Waals surface area contributed by atoms with Crippen molar-refractivity contribution in [1.82, 2.24) is 15.1 Å². The molecule has 3 amide bonds. The largest absolute Gasteiger partial charge is 0.497 e. The van der Waals surface area contributed by atoms with Crippen molar-refractivity contribution in [3.63, 3.8) is 0 Å². The third-order valence-electron chi connectivity index (χ3n) is 6.89. The molecule has 0 aliphatic carbocycles. The SMILES string of the molecule is COc1ccc(C(=O)N2CCC([C@H](NC(=O)c3ccccc3)C(=O)N3CCCCC3)CC2)cc1. The number of likely N-dealkylation sites (tertiary alicyclic amines) is 2. The van der Waals surface area contributed by atoms with E-state index in [9.17, 15) is 14.4 Å². The second-order valence-electron chi connectivity index (χ2n) is 9.06. The van der Waals surface area contributed by atoms with E-state index in [2.05, 4.69) is 5.32 Å². The molecule has 0 spiro atoms. The first-order valence-electron chi connectivity index (χ1n) is 12.1. The Morgan fingerprint density at radius 2 is 1.47 bits per heavy atom. The van der Waals surface area contributed by atoms with Crippen molar-refractivity contribution < 1.29 is 19.1 Å². The number of benzene rings is 2. The van der Waals surface area contributed by atoms with Gasteiger partial charge in [0.2, 0.25) is 5.91 Å². The topological polar surface area (TPSA) is 79.0 Å². The van der Waals surface area contributed by atoms with E-state index >= 15 is 0 Å².